The third kappa shape index (κ3) is 3.35. The average Bonchev–Trinajstić information content (AvgIpc) is 2.99. The van der Waals surface area contributed by atoms with Crippen LogP contribution in [0.15, 0.2) is 54.6 Å². The van der Waals surface area contributed by atoms with E-state index < -0.39 is 5.97 Å². The van der Waals surface area contributed by atoms with Gasteiger partial charge in [0.15, 0.2) is 0 Å². The summed E-state index contributed by atoms with van der Waals surface area (Å²) in [7, 11) is 1.92. The number of carbonyl (C=O) groups excluding carboxylic acids is 2. The van der Waals surface area contributed by atoms with Crippen LogP contribution < -0.4 is 4.74 Å². The molecule has 0 spiro atoms. The van der Waals surface area contributed by atoms with E-state index in [0.29, 0.717) is 22.3 Å². The minimum absolute atomic E-state index is 0.288. The molecule has 0 fully saturated rings. The number of carbonyl (C=O) groups is 2. The van der Waals surface area contributed by atoms with Crippen molar-refractivity contribution in [3.63, 3.8) is 0 Å². The number of rotatable bonds is 4. The van der Waals surface area contributed by atoms with E-state index in [4.69, 9.17) is 9.47 Å². The molecule has 152 valence electrons. The van der Waals surface area contributed by atoms with Crippen molar-refractivity contribution in [3.05, 3.63) is 75.0 Å². The number of hydrogen-bond donors (Lipinski definition) is 0. The van der Waals surface area contributed by atoms with Gasteiger partial charge in [0, 0.05) is 32.5 Å². The highest BCUT2D eigenvalue weighted by Crippen LogP contribution is 2.38. The lowest BCUT2D eigenvalue weighted by molar-refractivity contribution is 0.0527. The van der Waals surface area contributed by atoms with Crippen molar-refractivity contribution < 1.29 is 19.1 Å². The molecule has 4 rings (SSSR count). The van der Waals surface area contributed by atoms with E-state index >= 15 is 0 Å². The summed E-state index contributed by atoms with van der Waals surface area (Å²) in [4.78, 5) is 25.6. The normalized spacial score (nSPS) is 11.1. The number of ether oxygens (including phenoxy) is 2. The second kappa shape index (κ2) is 8.10. The first kappa shape index (κ1) is 20.4. The summed E-state index contributed by atoms with van der Waals surface area (Å²) < 4.78 is 13.9. The molecular weight excluding hydrogens is 493 g/mol. The molecule has 3 aromatic carbocycles. The Balaban J connectivity index is 1.95. The smallest absolute Gasteiger partial charge is 0.344 e. The molecule has 0 atom stereocenters. The van der Waals surface area contributed by atoms with Crippen molar-refractivity contribution in [2.45, 2.75) is 13.8 Å². The van der Waals surface area contributed by atoms with Crippen molar-refractivity contribution in [2.24, 2.45) is 7.05 Å². The number of nitrogens with zero attached hydrogens (tertiary/aromatic N) is 1. The van der Waals surface area contributed by atoms with E-state index in [1.54, 1.807) is 25.1 Å². The predicted octanol–water partition coefficient (Wildman–Crippen LogP) is 5.64. The minimum Gasteiger partial charge on any atom is -0.462 e. The van der Waals surface area contributed by atoms with Gasteiger partial charge in [0.25, 0.3) is 0 Å². The third-order valence-corrected chi connectivity index (χ3v) is 6.16. The van der Waals surface area contributed by atoms with Crippen LogP contribution in [0.5, 0.6) is 5.75 Å². The highest BCUT2D eigenvalue weighted by molar-refractivity contribution is 14.1. The number of aryl methyl sites for hydroxylation is 1. The van der Waals surface area contributed by atoms with Crippen molar-refractivity contribution in [1.29, 1.82) is 0 Å². The van der Waals surface area contributed by atoms with Gasteiger partial charge >= 0.3 is 11.9 Å². The molecule has 30 heavy (non-hydrogen) atoms. The first-order valence-electron chi connectivity index (χ1n) is 9.58. The molecule has 5 nitrogen and oxygen atoms in total. The second-order valence-electron chi connectivity index (χ2n) is 6.93. The van der Waals surface area contributed by atoms with Gasteiger partial charge in [-0.3, -0.25) is 0 Å². The van der Waals surface area contributed by atoms with Gasteiger partial charge in [0.2, 0.25) is 0 Å². The maximum Gasteiger partial charge on any atom is 0.344 e. The molecule has 0 bridgehead atoms. The highest BCUT2D eigenvalue weighted by Gasteiger charge is 2.24. The van der Waals surface area contributed by atoms with Gasteiger partial charge in [-0.15, -0.1) is 0 Å². The van der Waals surface area contributed by atoms with Crippen LogP contribution in [-0.4, -0.2) is 23.1 Å². The van der Waals surface area contributed by atoms with Crippen LogP contribution in [-0.2, 0) is 11.8 Å². The number of halogens is 1. The molecule has 1 heterocycles. The lowest BCUT2D eigenvalue weighted by Gasteiger charge is -2.11. The summed E-state index contributed by atoms with van der Waals surface area (Å²) >= 11 is 2.12. The maximum atomic E-state index is 12.9. The SMILES string of the molecule is CCOC(=O)c1c(C)n(C)c2c1cc(OC(=O)c1ccccc1I)c1ccccc12. The standard InChI is InChI=1S/C24H20INO4/c1-4-29-24(28)21-14(2)26(3)22-16-10-6-5-9-15(16)20(13-18(21)22)30-23(27)17-11-7-8-12-19(17)25/h5-13H,4H2,1-3H3. The van der Waals surface area contributed by atoms with Gasteiger partial charge in [-0.1, -0.05) is 36.4 Å². The number of hydrogen-bond acceptors (Lipinski definition) is 4. The van der Waals surface area contributed by atoms with Gasteiger partial charge in [-0.25, -0.2) is 9.59 Å². The van der Waals surface area contributed by atoms with Gasteiger partial charge in [0.1, 0.15) is 5.75 Å². The predicted molar refractivity (Wildman–Crippen MR) is 125 cm³/mol. The lowest BCUT2D eigenvalue weighted by Crippen LogP contribution is -2.10. The zero-order valence-electron chi connectivity index (χ0n) is 16.9. The van der Waals surface area contributed by atoms with Gasteiger partial charge in [-0.05, 0) is 54.6 Å². The number of esters is 2. The van der Waals surface area contributed by atoms with Crippen LogP contribution in [0, 0.1) is 10.5 Å². The van der Waals surface area contributed by atoms with Crippen molar-refractivity contribution >= 4 is 56.2 Å². The molecule has 0 unspecified atom stereocenters. The first-order chi connectivity index (χ1) is 14.4. The summed E-state index contributed by atoms with van der Waals surface area (Å²) in [6.07, 6.45) is 0. The Bertz CT molecular complexity index is 1310. The van der Waals surface area contributed by atoms with Crippen LogP contribution in [0.3, 0.4) is 0 Å². The Kier molecular flexibility index (Phi) is 5.51. The number of aromatic nitrogens is 1. The van der Waals surface area contributed by atoms with E-state index in [0.717, 1.165) is 25.6 Å². The quantitative estimate of drug-likeness (QED) is 0.201. The Morgan fingerprint density at radius 3 is 2.33 bits per heavy atom. The van der Waals surface area contributed by atoms with E-state index in [2.05, 4.69) is 22.6 Å². The molecule has 0 saturated carbocycles. The van der Waals surface area contributed by atoms with Crippen LogP contribution in [0.1, 0.15) is 33.3 Å². The van der Waals surface area contributed by atoms with Crippen LogP contribution in [0.25, 0.3) is 21.7 Å². The Labute approximate surface area is 187 Å². The van der Waals surface area contributed by atoms with Gasteiger partial charge in [-0.2, -0.15) is 0 Å². The van der Waals surface area contributed by atoms with Crippen LogP contribution in [0.2, 0.25) is 0 Å². The largest absolute Gasteiger partial charge is 0.462 e. The zero-order chi connectivity index (χ0) is 21.4. The average molecular weight is 513 g/mol. The lowest BCUT2D eigenvalue weighted by atomic mass is 10.0. The van der Waals surface area contributed by atoms with Crippen LogP contribution >= 0.6 is 22.6 Å². The fourth-order valence-electron chi connectivity index (χ4n) is 3.74. The van der Waals surface area contributed by atoms with E-state index in [9.17, 15) is 9.59 Å². The fourth-order valence-corrected chi connectivity index (χ4v) is 4.34. The van der Waals surface area contributed by atoms with Crippen LogP contribution in [0.4, 0.5) is 0 Å². The second-order valence-corrected chi connectivity index (χ2v) is 8.09. The Morgan fingerprint density at radius 2 is 1.63 bits per heavy atom. The Hall–Kier alpha value is -2.87. The molecule has 0 aliphatic heterocycles. The van der Waals surface area contributed by atoms with Crippen molar-refractivity contribution in [1.82, 2.24) is 4.57 Å². The summed E-state index contributed by atoms with van der Waals surface area (Å²) in [5.41, 5.74) is 2.69. The maximum absolute atomic E-state index is 12.9. The Morgan fingerprint density at radius 1 is 0.967 bits per heavy atom. The van der Waals surface area contributed by atoms with Crippen molar-refractivity contribution in [2.75, 3.05) is 6.61 Å². The molecule has 0 aliphatic rings. The number of benzene rings is 3. The molecule has 6 heteroatoms. The summed E-state index contributed by atoms with van der Waals surface area (Å²) in [5, 5.41) is 2.42. The van der Waals surface area contributed by atoms with E-state index in [-0.39, 0.29) is 12.6 Å². The first-order valence-corrected chi connectivity index (χ1v) is 10.7. The molecule has 4 aromatic rings. The molecular formula is C24H20INO4. The van der Waals surface area contributed by atoms with Crippen molar-refractivity contribution in [3.8, 4) is 5.75 Å². The molecule has 0 N–H and O–H groups in total. The fraction of sp³-hybridized carbons (Fsp3) is 0.167. The molecule has 0 aliphatic carbocycles. The van der Waals surface area contributed by atoms with E-state index in [1.807, 2.05) is 54.9 Å². The highest BCUT2D eigenvalue weighted by atomic mass is 127. The summed E-state index contributed by atoms with van der Waals surface area (Å²) in [5.74, 6) is -0.403. The summed E-state index contributed by atoms with van der Waals surface area (Å²) in [6, 6.07) is 16.8. The van der Waals surface area contributed by atoms with Gasteiger partial charge in [0.05, 0.1) is 23.3 Å². The van der Waals surface area contributed by atoms with E-state index in [1.165, 1.54) is 0 Å². The zero-order valence-corrected chi connectivity index (χ0v) is 19.0. The molecule has 0 saturated heterocycles. The monoisotopic (exact) mass is 513 g/mol. The van der Waals surface area contributed by atoms with Gasteiger partial charge < -0.3 is 14.0 Å². The summed E-state index contributed by atoms with van der Waals surface area (Å²) in [6.45, 7) is 3.96. The third-order valence-electron chi connectivity index (χ3n) is 5.22. The number of fused-ring (bicyclic) bond motifs is 3. The molecule has 0 amide bonds. The molecule has 0 radical (unpaired) electrons. The topological polar surface area (TPSA) is 57.5 Å². The molecule has 1 aromatic heterocycles. The minimum atomic E-state index is -0.435.